The molecule has 2 heterocycles. The molecule has 0 atom stereocenters. The molecular weight excluding hydrogens is 354 g/mol. The van der Waals surface area contributed by atoms with Crippen LogP contribution in [-0.4, -0.2) is 27.8 Å². The SMILES string of the molecule is CC.COc1ccc(-c2nc(-c3c[nH]c(C(C)=O)c3)cs2)cc1[N+](=O)[O-]. The van der Waals surface area contributed by atoms with Crippen LogP contribution in [0.4, 0.5) is 5.69 Å². The van der Waals surface area contributed by atoms with Crippen LogP contribution >= 0.6 is 11.3 Å². The highest BCUT2D eigenvalue weighted by molar-refractivity contribution is 7.13. The molecule has 0 saturated carbocycles. The van der Waals surface area contributed by atoms with E-state index in [9.17, 15) is 14.9 Å². The number of hydrogen-bond donors (Lipinski definition) is 1. The lowest BCUT2D eigenvalue weighted by atomic mass is 10.2. The van der Waals surface area contributed by atoms with Gasteiger partial charge in [-0.25, -0.2) is 4.98 Å². The summed E-state index contributed by atoms with van der Waals surface area (Å²) in [6.45, 7) is 5.48. The molecule has 2 aromatic heterocycles. The highest BCUT2D eigenvalue weighted by Crippen LogP contribution is 2.35. The third-order valence-electron chi connectivity index (χ3n) is 3.48. The second kappa shape index (κ2) is 8.39. The minimum absolute atomic E-state index is 0.0533. The predicted octanol–water partition coefficient (Wildman–Crippen LogP) is 4.95. The fraction of sp³-hybridized carbons (Fsp3) is 0.222. The lowest BCUT2D eigenvalue weighted by Crippen LogP contribution is -1.94. The maximum absolute atomic E-state index is 11.4. The first-order valence-corrected chi connectivity index (χ1v) is 8.85. The van der Waals surface area contributed by atoms with Crippen LogP contribution in [0.25, 0.3) is 21.8 Å². The number of nitro benzene ring substituents is 1. The van der Waals surface area contributed by atoms with Crippen molar-refractivity contribution in [3.63, 3.8) is 0 Å². The zero-order valence-electron chi connectivity index (χ0n) is 14.9. The van der Waals surface area contributed by atoms with Crippen LogP contribution in [0.3, 0.4) is 0 Å². The molecule has 1 aromatic carbocycles. The summed E-state index contributed by atoms with van der Waals surface area (Å²) in [5.41, 5.74) is 2.55. The van der Waals surface area contributed by atoms with Crippen LogP contribution in [0.1, 0.15) is 31.3 Å². The Balaban J connectivity index is 0.00000117. The molecule has 0 aliphatic carbocycles. The number of aromatic amines is 1. The largest absolute Gasteiger partial charge is 0.490 e. The molecule has 136 valence electrons. The number of nitrogens with one attached hydrogen (secondary N) is 1. The van der Waals surface area contributed by atoms with Gasteiger partial charge in [0, 0.05) is 35.7 Å². The Morgan fingerprint density at radius 3 is 2.58 bits per heavy atom. The predicted molar refractivity (Wildman–Crippen MR) is 102 cm³/mol. The first-order chi connectivity index (χ1) is 12.5. The summed E-state index contributed by atoms with van der Waals surface area (Å²) in [5, 5.41) is 13.6. The second-order valence-corrected chi connectivity index (χ2v) is 5.90. The third kappa shape index (κ3) is 3.97. The smallest absolute Gasteiger partial charge is 0.311 e. The van der Waals surface area contributed by atoms with Gasteiger partial charge < -0.3 is 9.72 Å². The Hall–Kier alpha value is -3.00. The number of hydrogen-bond acceptors (Lipinski definition) is 6. The van der Waals surface area contributed by atoms with E-state index in [4.69, 9.17) is 4.74 Å². The molecular formula is C18H19N3O4S. The number of Topliss-reactive ketones (excluding diaryl/α,β-unsaturated/α-hetero) is 1. The molecule has 3 aromatic rings. The minimum Gasteiger partial charge on any atom is -0.490 e. The van der Waals surface area contributed by atoms with Gasteiger partial charge in [0.25, 0.3) is 0 Å². The molecule has 0 fully saturated rings. The number of H-pyrrole nitrogens is 1. The maximum Gasteiger partial charge on any atom is 0.311 e. The van der Waals surface area contributed by atoms with E-state index >= 15 is 0 Å². The molecule has 3 rings (SSSR count). The van der Waals surface area contributed by atoms with Crippen LogP contribution in [0, 0.1) is 10.1 Å². The summed E-state index contributed by atoms with van der Waals surface area (Å²) in [5.74, 6) is 0.153. The molecule has 0 bridgehead atoms. The van der Waals surface area contributed by atoms with Crippen molar-refractivity contribution in [2.75, 3.05) is 7.11 Å². The number of ether oxygens (including phenoxy) is 1. The number of methoxy groups -OCH3 is 1. The summed E-state index contributed by atoms with van der Waals surface area (Å²) in [7, 11) is 1.39. The lowest BCUT2D eigenvalue weighted by Gasteiger charge is -2.02. The first-order valence-electron chi connectivity index (χ1n) is 7.97. The standard InChI is InChI=1S/C16H13N3O4S.C2H6/c1-9(20)12-5-11(7-17-12)13-8-24-16(18-13)10-3-4-15(23-2)14(6-10)19(21)22;1-2/h3-8,17H,1-2H3;1-2H3. The van der Waals surface area contributed by atoms with E-state index in [1.54, 1.807) is 24.4 Å². The van der Waals surface area contributed by atoms with Crippen molar-refractivity contribution >= 4 is 22.8 Å². The van der Waals surface area contributed by atoms with Crippen molar-refractivity contribution < 1.29 is 14.5 Å². The van der Waals surface area contributed by atoms with Crippen LogP contribution < -0.4 is 4.74 Å². The van der Waals surface area contributed by atoms with E-state index in [0.717, 1.165) is 5.56 Å². The number of carbonyl (C=O) groups excluding carboxylic acids is 1. The van der Waals surface area contributed by atoms with Crippen molar-refractivity contribution in [3.8, 4) is 27.6 Å². The van der Waals surface area contributed by atoms with Crippen molar-refractivity contribution in [1.82, 2.24) is 9.97 Å². The second-order valence-electron chi connectivity index (χ2n) is 5.04. The van der Waals surface area contributed by atoms with E-state index in [1.807, 2.05) is 19.2 Å². The van der Waals surface area contributed by atoms with Crippen molar-refractivity contribution in [3.05, 3.63) is 51.7 Å². The van der Waals surface area contributed by atoms with E-state index in [-0.39, 0.29) is 17.2 Å². The summed E-state index contributed by atoms with van der Waals surface area (Å²) < 4.78 is 5.00. The lowest BCUT2D eigenvalue weighted by molar-refractivity contribution is -0.385. The normalized spacial score (nSPS) is 10.0. The molecule has 7 nitrogen and oxygen atoms in total. The Bertz CT molecular complexity index is 930. The Labute approximate surface area is 154 Å². The van der Waals surface area contributed by atoms with Crippen LogP contribution in [0.15, 0.2) is 35.8 Å². The average molecular weight is 373 g/mol. The van der Waals surface area contributed by atoms with Gasteiger partial charge in [-0.3, -0.25) is 14.9 Å². The van der Waals surface area contributed by atoms with E-state index in [0.29, 0.717) is 22.0 Å². The van der Waals surface area contributed by atoms with Gasteiger partial charge in [-0.15, -0.1) is 11.3 Å². The Morgan fingerprint density at radius 1 is 1.27 bits per heavy atom. The molecule has 0 aliphatic rings. The van der Waals surface area contributed by atoms with Gasteiger partial charge in [0.05, 0.1) is 23.4 Å². The van der Waals surface area contributed by atoms with Gasteiger partial charge in [0.1, 0.15) is 5.01 Å². The van der Waals surface area contributed by atoms with Gasteiger partial charge in [0.15, 0.2) is 11.5 Å². The molecule has 0 aliphatic heterocycles. The number of thiazole rings is 1. The maximum atomic E-state index is 11.4. The van der Waals surface area contributed by atoms with Crippen LogP contribution in [-0.2, 0) is 0 Å². The number of nitro groups is 1. The van der Waals surface area contributed by atoms with E-state index < -0.39 is 4.92 Å². The molecule has 0 unspecified atom stereocenters. The van der Waals surface area contributed by atoms with Gasteiger partial charge in [0.2, 0.25) is 0 Å². The number of aromatic nitrogens is 2. The highest BCUT2D eigenvalue weighted by atomic mass is 32.1. The first kappa shape index (κ1) is 19.3. The molecule has 0 saturated heterocycles. The topological polar surface area (TPSA) is 98.1 Å². The number of ketones is 1. The zero-order chi connectivity index (χ0) is 19.3. The van der Waals surface area contributed by atoms with Crippen molar-refractivity contribution in [2.45, 2.75) is 20.8 Å². The van der Waals surface area contributed by atoms with E-state index in [1.165, 1.54) is 31.4 Å². The molecule has 8 heteroatoms. The van der Waals surface area contributed by atoms with Crippen LogP contribution in [0.2, 0.25) is 0 Å². The average Bonchev–Trinajstić information content (AvgIpc) is 3.32. The summed E-state index contributed by atoms with van der Waals surface area (Å²) >= 11 is 1.38. The summed E-state index contributed by atoms with van der Waals surface area (Å²) in [6.07, 6.45) is 1.71. The molecule has 0 spiro atoms. The quantitative estimate of drug-likeness (QED) is 0.387. The van der Waals surface area contributed by atoms with Crippen molar-refractivity contribution in [2.24, 2.45) is 0 Å². The Kier molecular flexibility index (Phi) is 6.24. The fourth-order valence-corrected chi connectivity index (χ4v) is 3.08. The molecule has 0 radical (unpaired) electrons. The van der Waals surface area contributed by atoms with E-state index in [2.05, 4.69) is 9.97 Å². The summed E-state index contributed by atoms with van der Waals surface area (Å²) in [6, 6.07) is 6.46. The number of carbonyl (C=O) groups is 1. The molecule has 0 amide bonds. The number of rotatable bonds is 5. The molecule has 26 heavy (non-hydrogen) atoms. The number of benzene rings is 1. The molecule has 1 N–H and O–H groups in total. The van der Waals surface area contributed by atoms with Gasteiger partial charge in [-0.05, 0) is 18.2 Å². The highest BCUT2D eigenvalue weighted by Gasteiger charge is 2.17. The third-order valence-corrected chi connectivity index (χ3v) is 4.38. The summed E-state index contributed by atoms with van der Waals surface area (Å²) in [4.78, 5) is 29.4. The van der Waals surface area contributed by atoms with Gasteiger partial charge in [-0.1, -0.05) is 13.8 Å². The Morgan fingerprint density at radius 2 is 2.00 bits per heavy atom. The van der Waals surface area contributed by atoms with Gasteiger partial charge >= 0.3 is 5.69 Å². The monoisotopic (exact) mass is 373 g/mol. The zero-order valence-corrected chi connectivity index (χ0v) is 15.7. The minimum atomic E-state index is -0.484. The fourth-order valence-electron chi connectivity index (χ4n) is 2.25. The van der Waals surface area contributed by atoms with Gasteiger partial charge in [-0.2, -0.15) is 0 Å². The van der Waals surface area contributed by atoms with Crippen molar-refractivity contribution in [1.29, 1.82) is 0 Å². The van der Waals surface area contributed by atoms with Crippen LogP contribution in [0.5, 0.6) is 5.75 Å². The number of nitrogens with zero attached hydrogens (tertiary/aromatic N) is 2.